The number of amides is 1. The van der Waals surface area contributed by atoms with E-state index in [9.17, 15) is 4.79 Å². The number of nitrogens with zero attached hydrogens (tertiary/aromatic N) is 4. The molecule has 0 unspecified atom stereocenters. The van der Waals surface area contributed by atoms with Gasteiger partial charge in [-0.25, -0.2) is 10.4 Å². The number of aliphatic hydroxyl groups excluding tert-OH is 1. The largest absolute Gasteiger partial charge is 0.494 e. The topological polar surface area (TPSA) is 141 Å². The van der Waals surface area contributed by atoms with Gasteiger partial charge in [-0.15, -0.1) is 0 Å². The minimum Gasteiger partial charge on any atom is -0.494 e. The monoisotopic (exact) mass is 636 g/mol. The van der Waals surface area contributed by atoms with Gasteiger partial charge < -0.3 is 14.6 Å². The third kappa shape index (κ3) is 8.07. The third-order valence-electron chi connectivity index (χ3n) is 7.63. The molecule has 0 aliphatic carbocycles. The number of carbonyl (C=O) groups is 1. The van der Waals surface area contributed by atoms with Crippen molar-refractivity contribution in [3.63, 3.8) is 0 Å². The molecule has 4 aromatic rings. The lowest BCUT2D eigenvalue weighted by atomic mass is 9.84. The van der Waals surface area contributed by atoms with Gasteiger partial charge in [0.15, 0.2) is 5.54 Å². The Morgan fingerprint density at radius 3 is 2.43 bits per heavy atom. The maximum atomic E-state index is 14.2. The summed E-state index contributed by atoms with van der Waals surface area (Å²) in [5, 5.41) is 12.8. The molecular weight excluding hydrogens is 600 g/mol. The average molecular weight is 637 g/mol. The SMILES string of the molecule is C[C@@H]1OC(c2ccc(OCCCO)cc2)=N[C@]1(Cc1ccccc1CN=[N+]=[N-])C(=O)NNCc1ccccc1Sc1ccccc1. The van der Waals surface area contributed by atoms with E-state index < -0.39 is 11.6 Å². The number of ether oxygens (including phenoxy) is 2. The quantitative estimate of drug-likeness (QED) is 0.0455. The van der Waals surface area contributed by atoms with Crippen LogP contribution < -0.4 is 15.6 Å². The number of benzene rings is 4. The van der Waals surface area contributed by atoms with E-state index >= 15 is 0 Å². The number of aliphatic imine (C=N–C) groups is 1. The third-order valence-corrected chi connectivity index (χ3v) is 8.76. The summed E-state index contributed by atoms with van der Waals surface area (Å²) in [6, 6.07) is 33.1. The maximum absolute atomic E-state index is 14.2. The second-order valence-corrected chi connectivity index (χ2v) is 11.8. The zero-order valence-corrected chi connectivity index (χ0v) is 26.3. The van der Waals surface area contributed by atoms with Crippen molar-refractivity contribution in [2.45, 2.75) is 54.3 Å². The van der Waals surface area contributed by atoms with Crippen molar-refractivity contribution >= 4 is 23.6 Å². The smallest absolute Gasteiger partial charge is 0.266 e. The number of hydrogen-bond donors (Lipinski definition) is 3. The Morgan fingerprint density at radius 1 is 1.00 bits per heavy atom. The number of aliphatic hydroxyl groups is 1. The van der Waals surface area contributed by atoms with Crippen molar-refractivity contribution in [2.24, 2.45) is 10.1 Å². The van der Waals surface area contributed by atoms with Crippen LogP contribution in [-0.2, 0) is 29.0 Å². The Balaban J connectivity index is 1.39. The molecule has 2 atom stereocenters. The van der Waals surface area contributed by atoms with Gasteiger partial charge in [0.25, 0.3) is 5.91 Å². The van der Waals surface area contributed by atoms with Crippen LogP contribution in [0.5, 0.6) is 5.75 Å². The van der Waals surface area contributed by atoms with E-state index in [1.807, 2.05) is 91.9 Å². The molecule has 46 heavy (non-hydrogen) atoms. The highest BCUT2D eigenvalue weighted by molar-refractivity contribution is 7.99. The number of hydrogen-bond acceptors (Lipinski definition) is 8. The lowest BCUT2D eigenvalue weighted by Crippen LogP contribution is -2.55. The molecule has 0 spiro atoms. The van der Waals surface area contributed by atoms with Gasteiger partial charge in [0.1, 0.15) is 11.9 Å². The van der Waals surface area contributed by atoms with E-state index in [0.29, 0.717) is 36.8 Å². The molecule has 0 bridgehead atoms. The molecule has 0 saturated carbocycles. The second-order valence-electron chi connectivity index (χ2n) is 10.7. The molecule has 11 heteroatoms. The van der Waals surface area contributed by atoms with Crippen molar-refractivity contribution in [2.75, 3.05) is 13.2 Å². The molecular formula is C35H36N6O4S. The normalized spacial score (nSPS) is 17.0. The Bertz CT molecular complexity index is 1700. The Labute approximate surface area is 272 Å². The lowest BCUT2D eigenvalue weighted by Gasteiger charge is -2.29. The first-order valence-electron chi connectivity index (χ1n) is 15.0. The summed E-state index contributed by atoms with van der Waals surface area (Å²) in [4.78, 5) is 24.2. The molecule has 0 fully saturated rings. The van der Waals surface area contributed by atoms with E-state index in [-0.39, 0.29) is 25.5 Å². The fourth-order valence-electron chi connectivity index (χ4n) is 5.12. The highest BCUT2D eigenvalue weighted by Gasteiger charge is 2.50. The highest BCUT2D eigenvalue weighted by Crippen LogP contribution is 2.34. The van der Waals surface area contributed by atoms with Gasteiger partial charge in [0.05, 0.1) is 13.2 Å². The summed E-state index contributed by atoms with van der Waals surface area (Å²) in [5.41, 5.74) is 17.1. The molecule has 10 nitrogen and oxygen atoms in total. The fraction of sp³-hybridized carbons (Fsp3) is 0.257. The van der Waals surface area contributed by atoms with Crippen molar-refractivity contribution in [1.29, 1.82) is 0 Å². The fourth-order valence-corrected chi connectivity index (χ4v) is 6.08. The number of azide groups is 1. The van der Waals surface area contributed by atoms with Gasteiger partial charge in [0, 0.05) is 46.3 Å². The van der Waals surface area contributed by atoms with Crippen molar-refractivity contribution in [3.8, 4) is 5.75 Å². The van der Waals surface area contributed by atoms with E-state index in [0.717, 1.165) is 26.5 Å². The molecule has 1 aliphatic heterocycles. The van der Waals surface area contributed by atoms with Crippen LogP contribution in [0, 0.1) is 0 Å². The second kappa shape index (κ2) is 16.0. The van der Waals surface area contributed by atoms with Gasteiger partial charge in [-0.1, -0.05) is 77.5 Å². The maximum Gasteiger partial charge on any atom is 0.266 e. The van der Waals surface area contributed by atoms with E-state index in [2.05, 4.69) is 39.1 Å². The van der Waals surface area contributed by atoms with E-state index in [1.54, 1.807) is 11.8 Å². The van der Waals surface area contributed by atoms with Gasteiger partial charge >= 0.3 is 0 Å². The summed E-state index contributed by atoms with van der Waals surface area (Å²) in [7, 11) is 0. The standard InChI is InChI=1S/C35H36N6O4S/c1-25-35(22-27-10-5-6-11-28(27)23-38-41-36,39-33(45-25)26-16-18-30(19-17-26)44-21-9-20-42)34(43)40-37-24-29-12-7-8-15-32(29)46-31-13-3-2-4-14-31/h2-8,10-19,25,37,42H,9,20-24H2,1H3,(H,40,43)/t25-,35-/m0/s1. The van der Waals surface area contributed by atoms with Crippen molar-refractivity contribution in [3.05, 3.63) is 136 Å². The summed E-state index contributed by atoms with van der Waals surface area (Å²) in [6.07, 6.45) is 0.156. The molecule has 0 saturated heterocycles. The first-order chi connectivity index (χ1) is 22.5. The molecule has 1 amide bonds. The number of hydrazine groups is 1. The minimum atomic E-state index is -1.32. The van der Waals surface area contributed by atoms with Crippen LogP contribution in [0.3, 0.4) is 0 Å². The predicted octanol–water partition coefficient (Wildman–Crippen LogP) is 6.38. The van der Waals surface area contributed by atoms with E-state index in [1.165, 1.54) is 0 Å². The summed E-state index contributed by atoms with van der Waals surface area (Å²) in [5.74, 6) is 0.669. The van der Waals surface area contributed by atoms with Gasteiger partial charge in [0.2, 0.25) is 5.90 Å². The van der Waals surface area contributed by atoms with Crippen LogP contribution >= 0.6 is 11.8 Å². The van der Waals surface area contributed by atoms with Crippen molar-refractivity contribution in [1.82, 2.24) is 10.9 Å². The van der Waals surface area contributed by atoms with Crippen molar-refractivity contribution < 1.29 is 19.4 Å². The zero-order chi connectivity index (χ0) is 32.2. The predicted molar refractivity (Wildman–Crippen MR) is 178 cm³/mol. The average Bonchev–Trinajstić information content (AvgIpc) is 3.42. The Morgan fingerprint density at radius 2 is 1.70 bits per heavy atom. The van der Waals surface area contributed by atoms with Crippen LogP contribution in [0.15, 0.2) is 123 Å². The number of nitrogens with one attached hydrogen (secondary N) is 2. The minimum absolute atomic E-state index is 0.0603. The molecule has 236 valence electrons. The van der Waals surface area contributed by atoms with Crippen LogP contribution in [0.25, 0.3) is 10.4 Å². The number of carbonyl (C=O) groups excluding carboxylic acids is 1. The summed E-state index contributed by atoms with van der Waals surface area (Å²) >= 11 is 1.66. The summed E-state index contributed by atoms with van der Waals surface area (Å²) < 4.78 is 11.9. The Kier molecular flexibility index (Phi) is 11.3. The van der Waals surface area contributed by atoms with Gasteiger partial charge in [-0.2, -0.15) is 0 Å². The first-order valence-corrected chi connectivity index (χ1v) is 15.9. The zero-order valence-electron chi connectivity index (χ0n) is 25.5. The first kappa shape index (κ1) is 32.6. The molecule has 0 radical (unpaired) electrons. The highest BCUT2D eigenvalue weighted by atomic mass is 32.2. The van der Waals surface area contributed by atoms with Crippen LogP contribution in [-0.4, -0.2) is 41.8 Å². The van der Waals surface area contributed by atoms with E-state index in [4.69, 9.17) is 25.1 Å². The molecule has 0 aromatic heterocycles. The van der Waals surface area contributed by atoms with Gasteiger partial charge in [-0.3, -0.25) is 10.2 Å². The molecule has 4 aromatic carbocycles. The van der Waals surface area contributed by atoms with Crippen LogP contribution in [0.1, 0.15) is 35.6 Å². The van der Waals surface area contributed by atoms with Crippen LogP contribution in [0.4, 0.5) is 0 Å². The molecule has 5 rings (SSSR count). The summed E-state index contributed by atoms with van der Waals surface area (Å²) in [6.45, 7) is 2.86. The number of rotatable bonds is 15. The molecule has 3 N–H and O–H groups in total. The van der Waals surface area contributed by atoms with Gasteiger partial charge in [-0.05, 0) is 71.6 Å². The lowest BCUT2D eigenvalue weighted by molar-refractivity contribution is -0.129. The molecule has 1 aliphatic rings. The molecule has 1 heterocycles. The Hall–Kier alpha value is -4.80. The van der Waals surface area contributed by atoms with Crippen LogP contribution in [0.2, 0.25) is 0 Å².